The normalized spacial score (nSPS) is 18.4. The van der Waals surface area contributed by atoms with Gasteiger partial charge in [0.15, 0.2) is 5.13 Å². The van der Waals surface area contributed by atoms with E-state index >= 15 is 0 Å². The fraction of sp³-hybridized carbons (Fsp3) is 0.414. The number of fused-ring (bicyclic) bond motifs is 1. The molecule has 0 radical (unpaired) electrons. The molecule has 1 saturated heterocycles. The summed E-state index contributed by atoms with van der Waals surface area (Å²) in [4.78, 5) is 21.5. The molecule has 4 aromatic rings. The molecule has 2 aromatic heterocycles. The van der Waals surface area contributed by atoms with E-state index in [-0.39, 0.29) is 12.0 Å². The van der Waals surface area contributed by atoms with Gasteiger partial charge in [0.1, 0.15) is 11.5 Å². The van der Waals surface area contributed by atoms with Gasteiger partial charge in [0.25, 0.3) is 0 Å². The molecule has 0 bridgehead atoms. The van der Waals surface area contributed by atoms with Crippen molar-refractivity contribution in [1.29, 1.82) is 0 Å². The molecule has 3 heterocycles. The molecule has 1 N–H and O–H groups in total. The lowest BCUT2D eigenvalue weighted by Crippen LogP contribution is -2.51. The average Bonchev–Trinajstić information content (AvgIpc) is 3.51. The van der Waals surface area contributed by atoms with Crippen LogP contribution in [0.15, 0.2) is 34.9 Å². The van der Waals surface area contributed by atoms with Crippen molar-refractivity contribution in [2.45, 2.75) is 58.0 Å². The number of piperazine rings is 1. The number of carbonyl (C=O) groups is 1. The molecule has 1 atom stereocenters. The maximum atomic E-state index is 11.7. The van der Waals surface area contributed by atoms with E-state index in [2.05, 4.69) is 35.7 Å². The number of carboxylic acids is 1. The Labute approximate surface area is 241 Å². The smallest absolute Gasteiger partial charge is 0.335 e. The summed E-state index contributed by atoms with van der Waals surface area (Å²) >= 11 is 14.7. The second kappa shape index (κ2) is 10.4. The molecule has 39 heavy (non-hydrogen) atoms. The number of nitrogens with zero attached hydrogens (tertiary/aromatic N) is 4. The van der Waals surface area contributed by atoms with Crippen molar-refractivity contribution < 1.29 is 14.4 Å². The Morgan fingerprint density at radius 3 is 2.59 bits per heavy atom. The van der Waals surface area contributed by atoms with Gasteiger partial charge in [0.05, 0.1) is 25.8 Å². The van der Waals surface area contributed by atoms with Crippen LogP contribution in [0.2, 0.25) is 10.0 Å². The molecule has 1 aliphatic carbocycles. The van der Waals surface area contributed by atoms with Crippen molar-refractivity contribution in [2.75, 3.05) is 24.5 Å². The number of carboxylic acid groups (broad SMARTS) is 1. The van der Waals surface area contributed by atoms with Crippen LogP contribution in [-0.4, -0.2) is 51.8 Å². The van der Waals surface area contributed by atoms with Crippen LogP contribution in [0.3, 0.4) is 0 Å². The Kier molecular flexibility index (Phi) is 7.08. The summed E-state index contributed by atoms with van der Waals surface area (Å²) in [5.41, 5.74) is 4.75. The molecule has 2 aromatic carbocycles. The highest BCUT2D eigenvalue weighted by Gasteiger charge is 2.35. The number of aromatic carboxylic acids is 1. The van der Waals surface area contributed by atoms with Crippen molar-refractivity contribution in [3.8, 4) is 11.3 Å². The predicted molar refractivity (Wildman–Crippen MR) is 157 cm³/mol. The zero-order valence-corrected chi connectivity index (χ0v) is 24.4. The number of halogens is 2. The average molecular weight is 586 g/mol. The molecular weight excluding hydrogens is 555 g/mol. The van der Waals surface area contributed by atoms with E-state index in [9.17, 15) is 9.90 Å². The summed E-state index contributed by atoms with van der Waals surface area (Å²) in [5.74, 6) is 0.640. The highest BCUT2D eigenvalue weighted by atomic mass is 35.5. The molecule has 204 valence electrons. The number of thiazole rings is 1. The molecule has 1 saturated carbocycles. The maximum Gasteiger partial charge on any atom is 0.335 e. The molecule has 2 fully saturated rings. The third-order valence-corrected chi connectivity index (χ3v) is 9.36. The number of anilines is 1. The van der Waals surface area contributed by atoms with Gasteiger partial charge in [0, 0.05) is 49.3 Å². The van der Waals surface area contributed by atoms with Crippen LogP contribution >= 0.6 is 34.5 Å². The van der Waals surface area contributed by atoms with Gasteiger partial charge in [-0.05, 0) is 55.5 Å². The van der Waals surface area contributed by atoms with E-state index in [1.807, 2.05) is 18.2 Å². The molecule has 0 spiro atoms. The number of rotatable bonds is 7. The van der Waals surface area contributed by atoms with E-state index in [1.54, 1.807) is 23.5 Å². The zero-order valence-electron chi connectivity index (χ0n) is 22.1. The zero-order chi connectivity index (χ0) is 27.4. The largest absolute Gasteiger partial charge is 0.478 e. The van der Waals surface area contributed by atoms with Crippen LogP contribution in [0.4, 0.5) is 5.13 Å². The highest BCUT2D eigenvalue weighted by Crippen LogP contribution is 2.46. The monoisotopic (exact) mass is 584 g/mol. The molecule has 2 aliphatic rings. The summed E-state index contributed by atoms with van der Waals surface area (Å²) in [5, 5.41) is 16.1. The quantitative estimate of drug-likeness (QED) is 0.238. The van der Waals surface area contributed by atoms with Crippen molar-refractivity contribution in [1.82, 2.24) is 15.0 Å². The topological polar surface area (TPSA) is 82.7 Å². The summed E-state index contributed by atoms with van der Waals surface area (Å²) in [6.45, 7) is 9.59. The summed E-state index contributed by atoms with van der Waals surface area (Å²) < 4.78 is 6.80. The first kappa shape index (κ1) is 26.6. The summed E-state index contributed by atoms with van der Waals surface area (Å²) in [6, 6.07) is 9.24. The van der Waals surface area contributed by atoms with Gasteiger partial charge in [-0.2, -0.15) is 0 Å². The summed E-state index contributed by atoms with van der Waals surface area (Å²) in [6.07, 6.45) is 2.23. The van der Waals surface area contributed by atoms with E-state index in [4.69, 9.17) is 32.7 Å². The summed E-state index contributed by atoms with van der Waals surface area (Å²) in [7, 11) is 0. The van der Waals surface area contributed by atoms with Gasteiger partial charge < -0.3 is 14.5 Å². The molecule has 0 unspecified atom stereocenters. The lowest BCUT2D eigenvalue weighted by molar-refractivity contribution is 0.0697. The molecule has 10 heteroatoms. The Morgan fingerprint density at radius 2 is 1.95 bits per heavy atom. The van der Waals surface area contributed by atoms with Crippen LogP contribution in [0, 0.1) is 0 Å². The lowest BCUT2D eigenvalue weighted by atomic mass is 9.99. The van der Waals surface area contributed by atoms with E-state index in [1.165, 1.54) is 0 Å². The van der Waals surface area contributed by atoms with Gasteiger partial charge in [-0.15, -0.1) is 0 Å². The maximum absolute atomic E-state index is 11.7. The van der Waals surface area contributed by atoms with Crippen LogP contribution in [-0.2, 0) is 6.54 Å². The van der Waals surface area contributed by atoms with E-state index in [0.29, 0.717) is 28.1 Å². The first-order valence-corrected chi connectivity index (χ1v) is 14.9. The van der Waals surface area contributed by atoms with Crippen molar-refractivity contribution in [3.05, 3.63) is 62.8 Å². The lowest BCUT2D eigenvalue weighted by Gasteiger charge is -2.39. The Morgan fingerprint density at radius 1 is 1.21 bits per heavy atom. The van der Waals surface area contributed by atoms with E-state index < -0.39 is 5.97 Å². The SMILES string of the molecule is CC(C)c1cc(C(=O)O)cc2sc(N3CCN(Cc4c(-c5c(Cl)cccc5Cl)noc4C4CC4)C[C@H]3C)nc12. The molecule has 1 aliphatic heterocycles. The van der Waals surface area contributed by atoms with Crippen LogP contribution in [0.25, 0.3) is 21.5 Å². The number of aromatic nitrogens is 2. The van der Waals surface area contributed by atoms with Crippen molar-refractivity contribution in [2.24, 2.45) is 0 Å². The van der Waals surface area contributed by atoms with Crippen LogP contribution < -0.4 is 4.90 Å². The Hall–Kier alpha value is -2.65. The third kappa shape index (κ3) is 5.04. The van der Waals surface area contributed by atoms with Crippen LogP contribution in [0.5, 0.6) is 0 Å². The van der Waals surface area contributed by atoms with Crippen molar-refractivity contribution >= 4 is 55.9 Å². The number of hydrogen-bond donors (Lipinski definition) is 1. The van der Waals surface area contributed by atoms with Crippen LogP contribution in [0.1, 0.15) is 72.7 Å². The third-order valence-electron chi connectivity index (χ3n) is 7.69. The number of hydrogen-bond acceptors (Lipinski definition) is 7. The van der Waals surface area contributed by atoms with Crippen molar-refractivity contribution in [3.63, 3.8) is 0 Å². The standard InChI is InChI=1S/C29H30Cl2N4O3S/c1-15(2)19-11-18(28(36)37)12-23-25(19)32-29(39-23)35-10-9-34(13-16(35)3)14-20-26(33-38-27(20)17-7-8-17)24-21(30)5-4-6-22(24)31/h4-6,11-12,15-17H,7-10,13-14H2,1-3H3,(H,36,37)/t16-/m1/s1. The van der Waals surface area contributed by atoms with Gasteiger partial charge in [0.2, 0.25) is 0 Å². The highest BCUT2D eigenvalue weighted by molar-refractivity contribution is 7.22. The molecule has 6 rings (SSSR count). The first-order chi connectivity index (χ1) is 18.7. The van der Waals surface area contributed by atoms with Gasteiger partial charge in [-0.1, -0.05) is 59.6 Å². The fourth-order valence-corrected chi connectivity index (χ4v) is 7.22. The Balaban J connectivity index is 1.26. The molecular formula is C29H30Cl2N4O3S. The molecule has 0 amide bonds. The fourth-order valence-electron chi connectivity index (χ4n) is 5.48. The second-order valence-electron chi connectivity index (χ2n) is 10.9. The number of benzene rings is 2. The first-order valence-electron chi connectivity index (χ1n) is 13.3. The minimum Gasteiger partial charge on any atom is -0.478 e. The minimum absolute atomic E-state index is 0.182. The second-order valence-corrected chi connectivity index (χ2v) is 12.7. The minimum atomic E-state index is -0.910. The van der Waals surface area contributed by atoms with Gasteiger partial charge in [-0.3, -0.25) is 4.90 Å². The Bertz CT molecular complexity index is 1540. The van der Waals surface area contributed by atoms with E-state index in [0.717, 1.165) is 76.0 Å². The van der Waals surface area contributed by atoms with Gasteiger partial charge in [-0.25, -0.2) is 9.78 Å². The predicted octanol–water partition coefficient (Wildman–Crippen LogP) is 7.67. The van der Waals surface area contributed by atoms with Gasteiger partial charge >= 0.3 is 5.97 Å². The molecule has 7 nitrogen and oxygen atoms in total.